The predicted octanol–water partition coefficient (Wildman–Crippen LogP) is 4.09. The first-order valence-electron chi connectivity index (χ1n) is 8.76. The highest BCUT2D eigenvalue weighted by Crippen LogP contribution is 2.32. The van der Waals surface area contributed by atoms with E-state index in [-0.39, 0.29) is 24.3 Å². The quantitative estimate of drug-likeness (QED) is 0.375. The molecule has 162 valence electrons. The summed E-state index contributed by atoms with van der Waals surface area (Å²) in [5, 5.41) is 14.8. The lowest BCUT2D eigenvalue weighted by atomic mass is 10.1. The molecule has 0 heterocycles. The maximum Gasteiger partial charge on any atom is 0.417 e. The maximum atomic E-state index is 13.1. The average Bonchev–Trinajstić information content (AvgIpc) is 2.68. The summed E-state index contributed by atoms with van der Waals surface area (Å²) in [6.45, 7) is 3.47. The number of hydrogen-bond acceptors (Lipinski definition) is 6. The number of alkyl halides is 3. The topological polar surface area (TPSA) is 105 Å². The number of non-ortho nitro benzene ring substituents is 1. The zero-order chi connectivity index (χ0) is 22.5. The van der Waals surface area contributed by atoms with Crippen LogP contribution in [0.2, 0.25) is 0 Å². The summed E-state index contributed by atoms with van der Waals surface area (Å²) in [5.41, 5.74) is 0.703. The minimum Gasteiger partial charge on any atom is -0.277 e. The van der Waals surface area contributed by atoms with Crippen molar-refractivity contribution in [2.75, 3.05) is 18.5 Å². The van der Waals surface area contributed by atoms with Crippen LogP contribution in [0.1, 0.15) is 25.0 Å². The van der Waals surface area contributed by atoms with E-state index in [0.29, 0.717) is 0 Å². The van der Waals surface area contributed by atoms with Crippen molar-refractivity contribution in [3.63, 3.8) is 0 Å². The summed E-state index contributed by atoms with van der Waals surface area (Å²) in [5.74, 6) is 0. The molecule has 1 N–H and O–H groups in total. The van der Waals surface area contributed by atoms with E-state index in [2.05, 4.69) is 10.5 Å². The molecule has 0 aliphatic heterocycles. The highest BCUT2D eigenvalue weighted by molar-refractivity contribution is 7.89. The van der Waals surface area contributed by atoms with Crippen molar-refractivity contribution in [2.24, 2.45) is 5.10 Å². The van der Waals surface area contributed by atoms with Gasteiger partial charge in [0.15, 0.2) is 0 Å². The number of anilines is 1. The highest BCUT2D eigenvalue weighted by atomic mass is 32.2. The van der Waals surface area contributed by atoms with Gasteiger partial charge in [-0.15, -0.1) is 0 Å². The van der Waals surface area contributed by atoms with E-state index < -0.39 is 37.3 Å². The van der Waals surface area contributed by atoms with Gasteiger partial charge in [0, 0.05) is 30.8 Å². The Morgan fingerprint density at radius 1 is 1.17 bits per heavy atom. The zero-order valence-corrected chi connectivity index (χ0v) is 16.9. The second-order valence-corrected chi connectivity index (χ2v) is 7.89. The largest absolute Gasteiger partial charge is 0.417 e. The van der Waals surface area contributed by atoms with E-state index >= 15 is 0 Å². The van der Waals surface area contributed by atoms with Gasteiger partial charge < -0.3 is 0 Å². The Bertz CT molecular complexity index is 1050. The molecule has 12 heteroatoms. The molecule has 2 rings (SSSR count). The van der Waals surface area contributed by atoms with Crippen molar-refractivity contribution in [3.05, 3.63) is 63.7 Å². The molecule has 0 bridgehead atoms. The van der Waals surface area contributed by atoms with Gasteiger partial charge in [-0.3, -0.25) is 15.5 Å². The molecule has 2 aromatic rings. The van der Waals surface area contributed by atoms with Gasteiger partial charge in [-0.25, -0.2) is 8.42 Å². The smallest absolute Gasteiger partial charge is 0.277 e. The van der Waals surface area contributed by atoms with Crippen LogP contribution in [0.3, 0.4) is 0 Å². The van der Waals surface area contributed by atoms with Gasteiger partial charge in [0.1, 0.15) is 4.90 Å². The molecule has 30 heavy (non-hydrogen) atoms. The molecular weight excluding hydrogens is 425 g/mol. The number of rotatable bonds is 8. The van der Waals surface area contributed by atoms with Crippen molar-refractivity contribution in [2.45, 2.75) is 24.9 Å². The number of hydrazone groups is 1. The first-order chi connectivity index (χ1) is 14.0. The summed E-state index contributed by atoms with van der Waals surface area (Å²) in [6.07, 6.45) is -3.69. The van der Waals surface area contributed by atoms with Crippen LogP contribution in [-0.2, 0) is 16.2 Å². The predicted molar refractivity (Wildman–Crippen MR) is 106 cm³/mol. The fraction of sp³-hybridized carbons (Fsp3) is 0.278. The Labute approximate surface area is 171 Å². The summed E-state index contributed by atoms with van der Waals surface area (Å²) < 4.78 is 66.1. The van der Waals surface area contributed by atoms with Crippen molar-refractivity contribution in [3.8, 4) is 0 Å². The Kier molecular flexibility index (Phi) is 7.16. The standard InChI is InChI=1S/C18H19F3N4O4S/c1-3-24(4-2)30(28,29)17-11-14(25(26)27)9-10-16(17)23-22-12-13-7-5-6-8-15(13)18(19,20)21/h5-12,23H,3-4H2,1-2H3. The summed E-state index contributed by atoms with van der Waals surface area (Å²) in [4.78, 5) is 9.93. The first kappa shape index (κ1) is 23.3. The molecule has 0 saturated heterocycles. The van der Waals surface area contributed by atoms with Gasteiger partial charge in [0.05, 0.1) is 22.4 Å². The summed E-state index contributed by atoms with van der Waals surface area (Å²) in [6, 6.07) is 7.83. The van der Waals surface area contributed by atoms with Gasteiger partial charge in [-0.05, 0) is 12.1 Å². The normalized spacial score (nSPS) is 12.5. The third-order valence-electron chi connectivity index (χ3n) is 4.15. The molecule has 0 unspecified atom stereocenters. The van der Waals surface area contributed by atoms with E-state index in [4.69, 9.17) is 0 Å². The Morgan fingerprint density at radius 2 is 1.80 bits per heavy atom. The molecule has 0 radical (unpaired) electrons. The lowest BCUT2D eigenvalue weighted by molar-refractivity contribution is -0.385. The molecule has 0 fully saturated rings. The molecule has 0 amide bonds. The van der Waals surface area contributed by atoms with Gasteiger partial charge in [0.2, 0.25) is 10.0 Å². The third kappa shape index (κ3) is 5.13. The Hall–Kier alpha value is -2.99. The molecule has 0 atom stereocenters. The van der Waals surface area contributed by atoms with E-state index in [1.807, 2.05) is 0 Å². The number of hydrogen-bond donors (Lipinski definition) is 1. The minimum absolute atomic E-state index is 0.103. The number of nitrogens with one attached hydrogen (secondary N) is 1. The number of benzene rings is 2. The van der Waals surface area contributed by atoms with Gasteiger partial charge in [0.25, 0.3) is 5.69 Å². The van der Waals surface area contributed by atoms with E-state index in [1.54, 1.807) is 13.8 Å². The molecule has 2 aromatic carbocycles. The molecule has 8 nitrogen and oxygen atoms in total. The van der Waals surface area contributed by atoms with Crippen molar-refractivity contribution in [1.82, 2.24) is 4.31 Å². The molecule has 0 aliphatic carbocycles. The fourth-order valence-corrected chi connectivity index (χ4v) is 4.29. The first-order valence-corrected chi connectivity index (χ1v) is 10.2. The number of nitrogens with zero attached hydrogens (tertiary/aromatic N) is 3. The molecular formula is C18H19F3N4O4S. The van der Waals surface area contributed by atoms with Crippen LogP contribution in [0.15, 0.2) is 52.5 Å². The van der Waals surface area contributed by atoms with Crippen LogP contribution in [0.5, 0.6) is 0 Å². The van der Waals surface area contributed by atoms with Crippen LogP contribution >= 0.6 is 0 Å². The van der Waals surface area contributed by atoms with Gasteiger partial charge >= 0.3 is 6.18 Å². The van der Waals surface area contributed by atoms with E-state index in [1.165, 1.54) is 18.2 Å². The number of nitro groups is 1. The SMILES string of the molecule is CCN(CC)S(=O)(=O)c1cc([N+](=O)[O-])ccc1NN=Cc1ccccc1C(F)(F)F. The van der Waals surface area contributed by atoms with Crippen LogP contribution in [0, 0.1) is 10.1 Å². The Balaban J connectivity index is 2.46. The highest BCUT2D eigenvalue weighted by Gasteiger charge is 2.32. The lowest BCUT2D eigenvalue weighted by Gasteiger charge is -2.20. The van der Waals surface area contributed by atoms with Crippen molar-refractivity contribution in [1.29, 1.82) is 0 Å². The summed E-state index contributed by atoms with van der Waals surface area (Å²) in [7, 11) is -4.10. The van der Waals surface area contributed by atoms with Crippen LogP contribution < -0.4 is 5.43 Å². The maximum absolute atomic E-state index is 13.1. The summed E-state index contributed by atoms with van der Waals surface area (Å²) >= 11 is 0. The average molecular weight is 444 g/mol. The lowest BCUT2D eigenvalue weighted by Crippen LogP contribution is -2.31. The second kappa shape index (κ2) is 9.22. The van der Waals surface area contributed by atoms with Gasteiger partial charge in [-0.2, -0.15) is 22.6 Å². The van der Waals surface area contributed by atoms with E-state index in [0.717, 1.165) is 34.8 Å². The second-order valence-electron chi connectivity index (χ2n) is 5.98. The molecule has 0 aliphatic rings. The van der Waals surface area contributed by atoms with Crippen molar-refractivity contribution < 1.29 is 26.5 Å². The van der Waals surface area contributed by atoms with Crippen LogP contribution in [0.4, 0.5) is 24.5 Å². The molecule has 0 aromatic heterocycles. The fourth-order valence-electron chi connectivity index (χ4n) is 2.67. The zero-order valence-electron chi connectivity index (χ0n) is 16.0. The number of sulfonamides is 1. The number of halogens is 3. The van der Waals surface area contributed by atoms with Gasteiger partial charge in [-0.1, -0.05) is 32.0 Å². The minimum atomic E-state index is -4.59. The number of nitro benzene ring substituents is 1. The Morgan fingerprint density at radius 3 is 2.37 bits per heavy atom. The monoisotopic (exact) mass is 444 g/mol. The third-order valence-corrected chi connectivity index (χ3v) is 6.24. The molecule has 0 spiro atoms. The van der Waals surface area contributed by atoms with Crippen LogP contribution in [-0.4, -0.2) is 37.0 Å². The molecule has 0 saturated carbocycles. The van der Waals surface area contributed by atoms with Crippen molar-refractivity contribution >= 4 is 27.6 Å². The van der Waals surface area contributed by atoms with Crippen LogP contribution in [0.25, 0.3) is 0 Å². The van der Waals surface area contributed by atoms with E-state index in [9.17, 15) is 31.7 Å².